The van der Waals surface area contributed by atoms with Gasteiger partial charge in [0.1, 0.15) is 5.39 Å². The number of aromatic nitrogens is 1. The lowest BCUT2D eigenvalue weighted by atomic mass is 10.0. The highest BCUT2D eigenvalue weighted by molar-refractivity contribution is 6.12. The number of rotatable bonds is 6. The lowest BCUT2D eigenvalue weighted by molar-refractivity contribution is -0.839. The number of halogens is 2. The first-order valence-electron chi connectivity index (χ1n) is 8.94. The number of benzene rings is 2. The number of hydrogen-bond donors (Lipinski definition) is 1. The zero-order valence-electron chi connectivity index (χ0n) is 16.9. The Kier molecular flexibility index (Phi) is 8.17. The van der Waals surface area contributed by atoms with E-state index in [4.69, 9.17) is 4.98 Å². The van der Waals surface area contributed by atoms with Gasteiger partial charge in [-0.3, -0.25) is 10.1 Å². The summed E-state index contributed by atoms with van der Waals surface area (Å²) >= 11 is 0. The molecule has 0 atom stereocenters. The number of nitro groups is 1. The van der Waals surface area contributed by atoms with Gasteiger partial charge < -0.3 is 27.6 Å². The van der Waals surface area contributed by atoms with Gasteiger partial charge in [0.05, 0.1) is 42.3 Å². The number of anilines is 1. The first kappa shape index (κ1) is 24.8. The van der Waals surface area contributed by atoms with E-state index in [1.807, 2.05) is 32.0 Å². The third kappa shape index (κ3) is 5.25. The van der Waals surface area contributed by atoms with E-state index in [-0.39, 0.29) is 40.1 Å². The van der Waals surface area contributed by atoms with Crippen LogP contribution in [0.1, 0.15) is 17.5 Å². The molecule has 3 rings (SSSR count). The second-order valence-corrected chi connectivity index (χ2v) is 7.42. The van der Waals surface area contributed by atoms with Gasteiger partial charge in [0.2, 0.25) is 0 Å². The number of hydroxylamine groups is 3. The summed E-state index contributed by atoms with van der Waals surface area (Å²) in [5.41, 5.74) is 4.12. The van der Waals surface area contributed by atoms with Crippen molar-refractivity contribution in [2.24, 2.45) is 0 Å². The molecule has 7 nitrogen and oxygen atoms in total. The van der Waals surface area contributed by atoms with Crippen LogP contribution in [0.15, 0.2) is 30.3 Å². The molecule has 0 unspecified atom stereocenters. The average Bonchev–Trinajstić information content (AvgIpc) is 2.58. The Morgan fingerprint density at radius 1 is 1.10 bits per heavy atom. The zero-order chi connectivity index (χ0) is 19.8. The molecule has 0 aliphatic rings. The smallest absolute Gasteiger partial charge is 0.280 e. The van der Waals surface area contributed by atoms with Crippen LogP contribution >= 0.6 is 12.4 Å². The molecule has 29 heavy (non-hydrogen) atoms. The molecular formula is C20H25Cl2N4O3-. The Morgan fingerprint density at radius 2 is 1.76 bits per heavy atom. The number of aryl methyl sites for hydroxylation is 2. The maximum Gasteiger partial charge on any atom is 0.280 e. The van der Waals surface area contributed by atoms with Crippen molar-refractivity contribution in [3.63, 3.8) is 0 Å². The summed E-state index contributed by atoms with van der Waals surface area (Å²) < 4.78 is -0.363. The van der Waals surface area contributed by atoms with E-state index >= 15 is 0 Å². The number of nitrogens with zero attached hydrogens (tertiary/aromatic N) is 3. The van der Waals surface area contributed by atoms with Gasteiger partial charge in [-0.05, 0) is 25.0 Å². The molecule has 0 spiro atoms. The summed E-state index contributed by atoms with van der Waals surface area (Å²) in [6.45, 7) is 4.91. The number of non-ortho nitro benzene ring substituents is 1. The highest BCUT2D eigenvalue weighted by atomic mass is 35.5. The Hall–Kier alpha value is -2.19. The molecule has 0 aliphatic heterocycles. The lowest BCUT2D eigenvalue weighted by Crippen LogP contribution is -3.00. The molecule has 1 N–H and O–H groups in total. The lowest BCUT2D eigenvalue weighted by Gasteiger charge is -2.33. The zero-order valence-corrected chi connectivity index (χ0v) is 18.4. The van der Waals surface area contributed by atoms with Crippen LogP contribution in [0, 0.1) is 29.2 Å². The summed E-state index contributed by atoms with van der Waals surface area (Å²) in [7, 11) is 3.21. The average molecular weight is 440 g/mol. The highest BCUT2D eigenvalue weighted by Gasteiger charge is 2.21. The van der Waals surface area contributed by atoms with Crippen molar-refractivity contribution in [3.05, 3.63) is 56.8 Å². The Labute approximate surface area is 182 Å². The van der Waals surface area contributed by atoms with Crippen molar-refractivity contribution < 1.29 is 22.0 Å². The second-order valence-electron chi connectivity index (χ2n) is 7.42. The monoisotopic (exact) mass is 439 g/mol. The third-order valence-electron chi connectivity index (χ3n) is 4.71. The summed E-state index contributed by atoms with van der Waals surface area (Å²) in [6.07, 6.45) is 0.660. The van der Waals surface area contributed by atoms with Gasteiger partial charge in [0.15, 0.2) is 0 Å². The fourth-order valence-electron chi connectivity index (χ4n) is 3.34. The fourth-order valence-corrected chi connectivity index (χ4v) is 3.34. The number of pyridine rings is 1. The number of quaternary nitrogens is 1. The Balaban J connectivity index is 0.00000210. The number of nitrogens with one attached hydrogen (secondary N) is 1. The van der Waals surface area contributed by atoms with Crippen LogP contribution in [0.4, 0.5) is 11.4 Å². The molecule has 0 bridgehead atoms. The molecule has 3 aromatic rings. The molecule has 0 aliphatic carbocycles. The standard InChI is InChI=1S/C20H24N4O3.2ClH/c1-13-7-5-8-15-18(13)22-19-14(2)9-10-16(23(25)26)17(19)20(15)21-11-6-12-24(3,4)27;;/h5,7-10H,6,11-12H2,1-4H3,(H,21,22);2*1H/p-1. The van der Waals surface area contributed by atoms with Crippen LogP contribution in [0.25, 0.3) is 21.8 Å². The van der Waals surface area contributed by atoms with Crippen molar-refractivity contribution >= 4 is 45.6 Å². The van der Waals surface area contributed by atoms with Crippen molar-refractivity contribution in [1.29, 1.82) is 0 Å². The minimum atomic E-state index is -0.367. The molecule has 9 heteroatoms. The molecule has 1 heterocycles. The molecule has 2 aromatic carbocycles. The summed E-state index contributed by atoms with van der Waals surface area (Å²) in [4.78, 5) is 16.0. The maximum atomic E-state index is 11.8. The molecule has 158 valence electrons. The van der Waals surface area contributed by atoms with E-state index in [1.165, 1.54) is 6.07 Å². The minimum absolute atomic E-state index is 0. The predicted molar refractivity (Wildman–Crippen MR) is 116 cm³/mol. The molecular weight excluding hydrogens is 415 g/mol. The van der Waals surface area contributed by atoms with Crippen LogP contribution in [0.2, 0.25) is 0 Å². The SMILES string of the molecule is Cc1cccc2c(NCCC[N+](C)(C)[O-])c3c([N+](=O)[O-])ccc(C)c3nc12.Cl.[Cl-]. The van der Waals surface area contributed by atoms with Crippen LogP contribution in [0.5, 0.6) is 0 Å². The van der Waals surface area contributed by atoms with E-state index in [9.17, 15) is 15.3 Å². The summed E-state index contributed by atoms with van der Waals surface area (Å²) in [5.74, 6) is 0. The first-order chi connectivity index (χ1) is 12.7. The topological polar surface area (TPSA) is 91.1 Å². The van der Waals surface area contributed by atoms with E-state index < -0.39 is 0 Å². The molecule has 0 saturated carbocycles. The molecule has 0 amide bonds. The van der Waals surface area contributed by atoms with E-state index in [0.29, 0.717) is 36.1 Å². The molecule has 0 radical (unpaired) electrons. The van der Waals surface area contributed by atoms with Crippen molar-refractivity contribution in [1.82, 2.24) is 4.98 Å². The molecule has 0 saturated heterocycles. The van der Waals surface area contributed by atoms with Gasteiger partial charge in [-0.1, -0.05) is 24.3 Å². The van der Waals surface area contributed by atoms with E-state index in [2.05, 4.69) is 5.32 Å². The second kappa shape index (κ2) is 9.54. The van der Waals surface area contributed by atoms with Crippen LogP contribution in [-0.2, 0) is 0 Å². The molecule has 0 fully saturated rings. The van der Waals surface area contributed by atoms with Gasteiger partial charge in [-0.2, -0.15) is 0 Å². The summed E-state index contributed by atoms with van der Waals surface area (Å²) in [6, 6.07) is 9.10. The van der Waals surface area contributed by atoms with E-state index in [0.717, 1.165) is 22.0 Å². The summed E-state index contributed by atoms with van der Waals surface area (Å²) in [5, 5.41) is 28.2. The minimum Gasteiger partial charge on any atom is -1.00 e. The first-order valence-corrected chi connectivity index (χ1v) is 8.94. The van der Waals surface area contributed by atoms with Gasteiger partial charge in [0.25, 0.3) is 5.69 Å². The third-order valence-corrected chi connectivity index (χ3v) is 4.71. The van der Waals surface area contributed by atoms with Crippen LogP contribution < -0.4 is 17.7 Å². The number of nitro benzene ring substituents is 1. The van der Waals surface area contributed by atoms with Gasteiger partial charge >= 0.3 is 0 Å². The van der Waals surface area contributed by atoms with Gasteiger partial charge in [-0.15, -0.1) is 12.4 Å². The maximum absolute atomic E-state index is 11.8. The normalized spacial score (nSPS) is 11.1. The quantitative estimate of drug-likeness (QED) is 0.207. The van der Waals surface area contributed by atoms with Crippen LogP contribution in [-0.4, -0.2) is 41.7 Å². The Bertz CT molecular complexity index is 1040. The molecule has 1 aromatic heterocycles. The largest absolute Gasteiger partial charge is 1.00 e. The van der Waals surface area contributed by atoms with Crippen molar-refractivity contribution in [3.8, 4) is 0 Å². The number of fused-ring (bicyclic) bond motifs is 2. The van der Waals surface area contributed by atoms with Gasteiger partial charge in [0, 0.05) is 24.4 Å². The van der Waals surface area contributed by atoms with Gasteiger partial charge in [-0.25, -0.2) is 4.98 Å². The highest BCUT2D eigenvalue weighted by Crippen LogP contribution is 2.38. The van der Waals surface area contributed by atoms with Crippen molar-refractivity contribution in [2.75, 3.05) is 32.5 Å². The van der Waals surface area contributed by atoms with Crippen LogP contribution in [0.3, 0.4) is 0 Å². The number of hydrogen-bond acceptors (Lipinski definition) is 5. The fraction of sp³-hybridized carbons (Fsp3) is 0.350. The Morgan fingerprint density at radius 3 is 2.38 bits per heavy atom. The predicted octanol–water partition coefficient (Wildman–Crippen LogP) is 1.72. The van der Waals surface area contributed by atoms with Crippen molar-refractivity contribution in [2.45, 2.75) is 20.3 Å². The van der Waals surface area contributed by atoms with E-state index in [1.54, 1.807) is 20.2 Å². The number of para-hydroxylation sites is 1.